The van der Waals surface area contributed by atoms with Gasteiger partial charge in [0.15, 0.2) is 0 Å². The van der Waals surface area contributed by atoms with Crippen LogP contribution in [0.5, 0.6) is 0 Å². The zero-order valence-electron chi connectivity index (χ0n) is 13.2. The van der Waals surface area contributed by atoms with Gasteiger partial charge in [0.2, 0.25) is 0 Å². The lowest BCUT2D eigenvalue weighted by molar-refractivity contribution is 0.299. The molecule has 21 heavy (non-hydrogen) atoms. The van der Waals surface area contributed by atoms with Crippen molar-refractivity contribution < 1.29 is 5.11 Å². The first-order chi connectivity index (χ1) is 10.0. The lowest BCUT2D eigenvalue weighted by Gasteiger charge is -2.14. The van der Waals surface area contributed by atoms with Crippen LogP contribution >= 0.6 is 11.3 Å². The zero-order valence-corrected chi connectivity index (χ0v) is 14.0. The molecule has 2 aromatic rings. The Labute approximate surface area is 131 Å². The van der Waals surface area contributed by atoms with E-state index >= 15 is 0 Å². The van der Waals surface area contributed by atoms with E-state index in [1.807, 2.05) is 0 Å². The van der Waals surface area contributed by atoms with Gasteiger partial charge in [0.05, 0.1) is 16.7 Å². The molecule has 0 spiro atoms. The highest BCUT2D eigenvalue weighted by Gasteiger charge is 2.15. The van der Waals surface area contributed by atoms with Crippen molar-refractivity contribution >= 4 is 17.0 Å². The first-order valence-electron chi connectivity index (χ1n) is 7.44. The largest absolute Gasteiger partial charge is 0.396 e. The van der Waals surface area contributed by atoms with Crippen molar-refractivity contribution in [3.8, 4) is 0 Å². The first kappa shape index (κ1) is 16.0. The number of thiazole rings is 1. The summed E-state index contributed by atoms with van der Waals surface area (Å²) in [7, 11) is 0. The van der Waals surface area contributed by atoms with Gasteiger partial charge in [0.1, 0.15) is 0 Å². The normalized spacial score (nSPS) is 12.7. The first-order valence-corrected chi connectivity index (χ1v) is 8.26. The Balaban J connectivity index is 2.08. The topological polar surface area (TPSA) is 45.2 Å². The summed E-state index contributed by atoms with van der Waals surface area (Å²) in [6.07, 6.45) is 0.710. The van der Waals surface area contributed by atoms with E-state index in [1.54, 1.807) is 11.3 Å². The molecule has 3 nitrogen and oxygen atoms in total. The molecule has 0 bridgehead atoms. The number of hydrogen-bond acceptors (Lipinski definition) is 4. The monoisotopic (exact) mass is 304 g/mol. The van der Waals surface area contributed by atoms with Crippen LogP contribution in [-0.4, -0.2) is 16.7 Å². The van der Waals surface area contributed by atoms with Crippen LogP contribution in [0.2, 0.25) is 0 Å². The number of anilines is 1. The molecule has 1 unspecified atom stereocenters. The maximum Gasteiger partial charge on any atom is 0.0957 e. The standard InChI is InChI=1S/C17H24N2OS/c1-11(2)17-19-13(4)16(21-17)12(3)18-15-7-5-14(6-8-15)9-10-20/h5-8,11-12,18,20H,9-10H2,1-4H3. The molecule has 0 saturated carbocycles. The molecule has 2 rings (SSSR count). The van der Waals surface area contributed by atoms with E-state index in [4.69, 9.17) is 5.11 Å². The van der Waals surface area contributed by atoms with E-state index in [0.717, 1.165) is 16.9 Å². The van der Waals surface area contributed by atoms with E-state index in [1.165, 1.54) is 9.88 Å². The Morgan fingerprint density at radius 2 is 1.86 bits per heavy atom. The van der Waals surface area contributed by atoms with Crippen LogP contribution in [0.4, 0.5) is 5.69 Å². The van der Waals surface area contributed by atoms with Crippen molar-refractivity contribution in [2.24, 2.45) is 0 Å². The Morgan fingerprint density at radius 3 is 2.38 bits per heavy atom. The molecule has 0 radical (unpaired) electrons. The average Bonchev–Trinajstić information content (AvgIpc) is 2.84. The quantitative estimate of drug-likeness (QED) is 0.837. The summed E-state index contributed by atoms with van der Waals surface area (Å²) in [5.74, 6) is 0.479. The molecule has 4 heteroatoms. The predicted octanol–water partition coefficient (Wildman–Crippen LogP) is 4.28. The number of nitrogens with one attached hydrogen (secondary N) is 1. The summed E-state index contributed by atoms with van der Waals surface area (Å²) in [6, 6.07) is 8.51. The van der Waals surface area contributed by atoms with E-state index in [2.05, 4.69) is 62.3 Å². The average molecular weight is 304 g/mol. The second-order valence-corrected chi connectivity index (χ2v) is 6.76. The zero-order chi connectivity index (χ0) is 15.4. The second kappa shape index (κ2) is 7.05. The predicted molar refractivity (Wildman–Crippen MR) is 90.2 cm³/mol. The van der Waals surface area contributed by atoms with Crippen LogP contribution in [-0.2, 0) is 6.42 Å². The van der Waals surface area contributed by atoms with Gasteiger partial charge >= 0.3 is 0 Å². The molecule has 2 N–H and O–H groups in total. The maximum atomic E-state index is 8.94. The van der Waals surface area contributed by atoms with Crippen LogP contribution in [0.15, 0.2) is 24.3 Å². The summed E-state index contributed by atoms with van der Waals surface area (Å²) in [5.41, 5.74) is 3.38. The van der Waals surface area contributed by atoms with Gasteiger partial charge in [-0.05, 0) is 38.0 Å². The number of aryl methyl sites for hydroxylation is 1. The maximum absolute atomic E-state index is 8.94. The van der Waals surface area contributed by atoms with Crippen molar-refractivity contribution in [1.82, 2.24) is 4.98 Å². The van der Waals surface area contributed by atoms with Gasteiger partial charge < -0.3 is 10.4 Å². The van der Waals surface area contributed by atoms with Crippen molar-refractivity contribution in [3.63, 3.8) is 0 Å². The fourth-order valence-corrected chi connectivity index (χ4v) is 3.36. The SMILES string of the molecule is Cc1nc(C(C)C)sc1C(C)Nc1ccc(CCO)cc1. The molecule has 1 heterocycles. The highest BCUT2D eigenvalue weighted by molar-refractivity contribution is 7.12. The van der Waals surface area contributed by atoms with Crippen LogP contribution in [0.25, 0.3) is 0 Å². The molecular weight excluding hydrogens is 280 g/mol. The van der Waals surface area contributed by atoms with Crippen LogP contribution < -0.4 is 5.32 Å². The highest BCUT2D eigenvalue weighted by atomic mass is 32.1. The van der Waals surface area contributed by atoms with Gasteiger partial charge in [-0.25, -0.2) is 4.98 Å². The molecule has 114 valence electrons. The minimum atomic E-state index is 0.196. The smallest absolute Gasteiger partial charge is 0.0957 e. The number of aromatic nitrogens is 1. The molecule has 0 aliphatic carbocycles. The van der Waals surface area contributed by atoms with Crippen molar-refractivity contribution in [2.45, 2.75) is 46.1 Å². The van der Waals surface area contributed by atoms with Crippen molar-refractivity contribution in [3.05, 3.63) is 45.4 Å². The van der Waals surface area contributed by atoms with E-state index in [-0.39, 0.29) is 12.6 Å². The van der Waals surface area contributed by atoms with Gasteiger partial charge in [-0.15, -0.1) is 11.3 Å². The summed E-state index contributed by atoms with van der Waals surface area (Å²) in [6.45, 7) is 8.81. The molecule has 1 atom stereocenters. The number of nitrogens with zero attached hydrogens (tertiary/aromatic N) is 1. The lowest BCUT2D eigenvalue weighted by atomic mass is 10.1. The summed E-state index contributed by atoms with van der Waals surface area (Å²) >= 11 is 1.80. The van der Waals surface area contributed by atoms with Gasteiger partial charge in [0.25, 0.3) is 0 Å². The summed E-state index contributed by atoms with van der Waals surface area (Å²) in [4.78, 5) is 5.97. The Hall–Kier alpha value is -1.39. The number of rotatable bonds is 6. The number of benzene rings is 1. The highest BCUT2D eigenvalue weighted by Crippen LogP contribution is 2.31. The molecule has 1 aromatic heterocycles. The van der Waals surface area contributed by atoms with Crippen LogP contribution in [0.3, 0.4) is 0 Å². The van der Waals surface area contributed by atoms with E-state index in [0.29, 0.717) is 12.3 Å². The molecule has 0 aliphatic heterocycles. The molecule has 1 aromatic carbocycles. The molecule has 0 saturated heterocycles. The fraction of sp³-hybridized carbons (Fsp3) is 0.471. The van der Waals surface area contributed by atoms with Crippen LogP contribution in [0, 0.1) is 6.92 Å². The summed E-state index contributed by atoms with van der Waals surface area (Å²) < 4.78 is 0. The third-order valence-electron chi connectivity index (χ3n) is 3.47. The second-order valence-electron chi connectivity index (χ2n) is 5.69. The van der Waals surface area contributed by atoms with Crippen molar-refractivity contribution in [1.29, 1.82) is 0 Å². The Kier molecular flexibility index (Phi) is 5.37. The van der Waals surface area contributed by atoms with Crippen molar-refractivity contribution in [2.75, 3.05) is 11.9 Å². The van der Waals surface area contributed by atoms with Gasteiger partial charge in [-0.1, -0.05) is 26.0 Å². The van der Waals surface area contributed by atoms with Gasteiger partial charge in [-0.2, -0.15) is 0 Å². The number of aliphatic hydroxyl groups excluding tert-OH is 1. The Bertz CT molecular complexity index is 575. The molecular formula is C17H24N2OS. The minimum Gasteiger partial charge on any atom is -0.396 e. The van der Waals surface area contributed by atoms with Gasteiger partial charge in [-0.3, -0.25) is 0 Å². The number of hydrogen-bond donors (Lipinski definition) is 2. The van der Waals surface area contributed by atoms with Gasteiger partial charge in [0, 0.05) is 23.1 Å². The Morgan fingerprint density at radius 1 is 1.19 bits per heavy atom. The molecule has 0 aliphatic rings. The number of aliphatic hydroxyl groups is 1. The fourth-order valence-electron chi connectivity index (χ4n) is 2.29. The minimum absolute atomic E-state index is 0.196. The molecule has 0 amide bonds. The van der Waals surface area contributed by atoms with E-state index in [9.17, 15) is 0 Å². The third-order valence-corrected chi connectivity index (χ3v) is 5.11. The van der Waals surface area contributed by atoms with Crippen LogP contribution in [0.1, 0.15) is 53.9 Å². The third kappa shape index (κ3) is 4.05. The molecule has 0 fully saturated rings. The van der Waals surface area contributed by atoms with E-state index < -0.39 is 0 Å². The lowest BCUT2D eigenvalue weighted by Crippen LogP contribution is -2.06. The summed E-state index contributed by atoms with van der Waals surface area (Å²) in [5, 5.41) is 13.7.